The summed E-state index contributed by atoms with van der Waals surface area (Å²) in [5, 5.41) is 15.1. The number of benzene rings is 2. The van der Waals surface area contributed by atoms with Crippen molar-refractivity contribution in [3.63, 3.8) is 0 Å². The summed E-state index contributed by atoms with van der Waals surface area (Å²) < 4.78 is 1.70. The Morgan fingerprint density at radius 2 is 1.87 bits per heavy atom. The Kier molecular flexibility index (Phi) is 4.96. The molecule has 9 heteroatoms. The minimum absolute atomic E-state index is 0.464. The van der Waals surface area contributed by atoms with Crippen molar-refractivity contribution >= 4 is 28.5 Å². The van der Waals surface area contributed by atoms with Crippen molar-refractivity contribution in [1.29, 1.82) is 0 Å². The molecule has 1 fully saturated rings. The van der Waals surface area contributed by atoms with Crippen LogP contribution < -0.4 is 21.3 Å². The Balaban J connectivity index is 1.39. The zero-order chi connectivity index (χ0) is 20.3. The Hall–Kier alpha value is -3.56. The quantitative estimate of drug-likeness (QED) is 0.465. The molecule has 4 N–H and O–H groups in total. The van der Waals surface area contributed by atoms with Gasteiger partial charge in [-0.05, 0) is 42.0 Å². The van der Waals surface area contributed by atoms with Gasteiger partial charge in [0.15, 0.2) is 11.2 Å². The van der Waals surface area contributed by atoms with E-state index in [0.717, 1.165) is 43.1 Å². The van der Waals surface area contributed by atoms with Crippen LogP contribution in [0.1, 0.15) is 5.56 Å². The highest BCUT2D eigenvalue weighted by Crippen LogP contribution is 2.22. The number of rotatable bonds is 5. The van der Waals surface area contributed by atoms with Crippen LogP contribution in [-0.4, -0.2) is 51.1 Å². The topological polar surface area (TPSA) is 110 Å². The van der Waals surface area contributed by atoms with Gasteiger partial charge in [0.25, 0.3) is 0 Å². The van der Waals surface area contributed by atoms with Crippen molar-refractivity contribution in [1.82, 2.24) is 30.3 Å². The normalized spacial score (nSPS) is 14.2. The van der Waals surface area contributed by atoms with Crippen LogP contribution in [0.3, 0.4) is 0 Å². The molecule has 2 aromatic carbocycles. The lowest BCUT2D eigenvalue weighted by atomic mass is 10.2. The van der Waals surface area contributed by atoms with Crippen LogP contribution in [0.2, 0.25) is 0 Å². The molecule has 30 heavy (non-hydrogen) atoms. The summed E-state index contributed by atoms with van der Waals surface area (Å²) in [7, 11) is 0. The third kappa shape index (κ3) is 3.68. The number of nitrogens with two attached hydrogens (primary N) is 1. The van der Waals surface area contributed by atoms with Crippen LogP contribution in [0.25, 0.3) is 16.9 Å². The molecule has 5 rings (SSSR count). The average Bonchev–Trinajstić information content (AvgIpc) is 3.23. The predicted molar refractivity (Wildman–Crippen MR) is 117 cm³/mol. The van der Waals surface area contributed by atoms with Crippen molar-refractivity contribution in [3.05, 3.63) is 60.3 Å². The smallest absolute Gasteiger partial charge is 0.229 e. The summed E-state index contributed by atoms with van der Waals surface area (Å²) in [5.74, 6) is 0.496. The van der Waals surface area contributed by atoms with E-state index in [0.29, 0.717) is 23.7 Å². The van der Waals surface area contributed by atoms with Crippen molar-refractivity contribution in [3.8, 4) is 5.69 Å². The summed E-state index contributed by atoms with van der Waals surface area (Å²) in [6, 6.07) is 16.2. The van der Waals surface area contributed by atoms with Crippen LogP contribution in [0.5, 0.6) is 0 Å². The monoisotopic (exact) mass is 401 g/mol. The largest absolute Gasteiger partial charge is 0.369 e. The predicted octanol–water partition coefficient (Wildman–Crippen LogP) is 1.82. The molecule has 0 atom stereocenters. The first-order valence-corrected chi connectivity index (χ1v) is 10.0. The molecule has 1 aliphatic rings. The SMILES string of the molecule is NCc1cccc(-n2nnc3cnc(Nc4ccc(N5CCNCC5)cc4)nc32)c1. The van der Waals surface area contributed by atoms with Crippen LogP contribution >= 0.6 is 0 Å². The van der Waals surface area contributed by atoms with Gasteiger partial charge >= 0.3 is 0 Å². The van der Waals surface area contributed by atoms with Gasteiger partial charge in [0.05, 0.1) is 11.9 Å². The second-order valence-electron chi connectivity index (χ2n) is 7.19. The van der Waals surface area contributed by atoms with E-state index >= 15 is 0 Å². The van der Waals surface area contributed by atoms with Gasteiger partial charge < -0.3 is 21.3 Å². The van der Waals surface area contributed by atoms with Gasteiger partial charge in [-0.2, -0.15) is 9.67 Å². The maximum Gasteiger partial charge on any atom is 0.229 e. The fourth-order valence-electron chi connectivity index (χ4n) is 3.59. The molecule has 1 aliphatic heterocycles. The van der Waals surface area contributed by atoms with E-state index in [1.807, 2.05) is 36.4 Å². The molecule has 0 spiro atoms. The zero-order valence-corrected chi connectivity index (χ0v) is 16.5. The van der Waals surface area contributed by atoms with E-state index in [1.165, 1.54) is 5.69 Å². The number of nitrogens with one attached hydrogen (secondary N) is 2. The fraction of sp³-hybridized carbons (Fsp3) is 0.238. The molecule has 0 saturated carbocycles. The lowest BCUT2D eigenvalue weighted by molar-refractivity contribution is 0.589. The number of hydrogen-bond acceptors (Lipinski definition) is 8. The van der Waals surface area contributed by atoms with E-state index in [9.17, 15) is 0 Å². The highest BCUT2D eigenvalue weighted by Gasteiger charge is 2.12. The lowest BCUT2D eigenvalue weighted by Gasteiger charge is -2.29. The summed E-state index contributed by atoms with van der Waals surface area (Å²) in [5.41, 5.74) is 11.1. The third-order valence-electron chi connectivity index (χ3n) is 5.19. The van der Waals surface area contributed by atoms with Gasteiger partial charge in [-0.15, -0.1) is 5.10 Å². The first kappa shape index (κ1) is 18.5. The van der Waals surface area contributed by atoms with E-state index < -0.39 is 0 Å². The third-order valence-corrected chi connectivity index (χ3v) is 5.19. The number of nitrogens with zero attached hydrogens (tertiary/aromatic N) is 6. The molecular weight excluding hydrogens is 378 g/mol. The molecule has 0 radical (unpaired) electrons. The van der Waals surface area contributed by atoms with Crippen LogP contribution in [0.15, 0.2) is 54.7 Å². The second-order valence-corrected chi connectivity index (χ2v) is 7.19. The van der Waals surface area contributed by atoms with E-state index in [4.69, 9.17) is 5.73 Å². The second kappa shape index (κ2) is 8.05. The van der Waals surface area contributed by atoms with Gasteiger partial charge in [-0.1, -0.05) is 17.3 Å². The summed E-state index contributed by atoms with van der Waals surface area (Å²) in [4.78, 5) is 11.4. The van der Waals surface area contributed by atoms with Crippen molar-refractivity contribution in [2.75, 3.05) is 36.4 Å². The zero-order valence-electron chi connectivity index (χ0n) is 16.5. The summed E-state index contributed by atoms with van der Waals surface area (Å²) >= 11 is 0. The molecule has 0 aliphatic carbocycles. The molecular formula is C21H23N9. The molecule has 0 unspecified atom stereocenters. The molecule has 0 amide bonds. The lowest BCUT2D eigenvalue weighted by Crippen LogP contribution is -2.43. The van der Waals surface area contributed by atoms with Crippen molar-refractivity contribution in [2.24, 2.45) is 5.73 Å². The molecule has 3 heterocycles. The minimum Gasteiger partial charge on any atom is -0.369 e. The molecule has 152 valence electrons. The maximum atomic E-state index is 5.77. The molecule has 4 aromatic rings. The molecule has 9 nitrogen and oxygen atoms in total. The van der Waals surface area contributed by atoms with Crippen LogP contribution in [0.4, 0.5) is 17.3 Å². The summed E-state index contributed by atoms with van der Waals surface area (Å²) in [6.07, 6.45) is 1.68. The Morgan fingerprint density at radius 3 is 2.67 bits per heavy atom. The standard InChI is InChI=1S/C21H23N9/c22-13-15-2-1-3-18(12-15)30-20-19(27-28-30)14-24-21(26-20)25-16-4-6-17(7-5-16)29-10-8-23-9-11-29/h1-7,12,14,23H,8-11,13,22H2,(H,24,25,26). The van der Waals surface area contributed by atoms with Gasteiger partial charge in [0.1, 0.15) is 0 Å². The molecule has 0 bridgehead atoms. The fourth-order valence-corrected chi connectivity index (χ4v) is 3.59. The molecule has 2 aromatic heterocycles. The van der Waals surface area contributed by atoms with E-state index in [1.54, 1.807) is 10.9 Å². The maximum absolute atomic E-state index is 5.77. The number of aromatic nitrogens is 5. The number of fused-ring (bicyclic) bond motifs is 1. The van der Waals surface area contributed by atoms with Crippen LogP contribution in [-0.2, 0) is 6.54 Å². The highest BCUT2D eigenvalue weighted by molar-refractivity contribution is 5.73. The van der Waals surface area contributed by atoms with Gasteiger partial charge in [-0.3, -0.25) is 0 Å². The van der Waals surface area contributed by atoms with Crippen LogP contribution in [0, 0.1) is 0 Å². The number of piperazine rings is 1. The van der Waals surface area contributed by atoms with Gasteiger partial charge in [-0.25, -0.2) is 4.98 Å². The number of hydrogen-bond donors (Lipinski definition) is 3. The van der Waals surface area contributed by atoms with Crippen molar-refractivity contribution < 1.29 is 0 Å². The number of anilines is 3. The van der Waals surface area contributed by atoms with Crippen molar-refractivity contribution in [2.45, 2.75) is 6.54 Å². The Labute approximate surface area is 173 Å². The minimum atomic E-state index is 0.464. The Morgan fingerprint density at radius 1 is 1.03 bits per heavy atom. The average molecular weight is 401 g/mol. The van der Waals surface area contributed by atoms with E-state index in [-0.39, 0.29) is 0 Å². The first-order chi connectivity index (χ1) is 14.8. The van der Waals surface area contributed by atoms with E-state index in [2.05, 4.69) is 47.9 Å². The molecule has 1 saturated heterocycles. The Bertz CT molecular complexity index is 1150. The summed E-state index contributed by atoms with van der Waals surface area (Å²) in [6.45, 7) is 4.55. The first-order valence-electron chi connectivity index (χ1n) is 10.0. The van der Waals surface area contributed by atoms with Gasteiger partial charge in [0.2, 0.25) is 5.95 Å². The highest BCUT2D eigenvalue weighted by atomic mass is 15.4. The van der Waals surface area contributed by atoms with Gasteiger partial charge in [0, 0.05) is 44.1 Å².